The molecule has 0 aromatic heterocycles. The van der Waals surface area contributed by atoms with E-state index in [2.05, 4.69) is 5.32 Å². The van der Waals surface area contributed by atoms with E-state index in [0.29, 0.717) is 16.3 Å². The molecule has 0 heterocycles. The molecule has 2 aromatic carbocycles. The van der Waals surface area contributed by atoms with Gasteiger partial charge in [-0.1, -0.05) is 24.3 Å². The van der Waals surface area contributed by atoms with Crippen molar-refractivity contribution in [2.45, 2.75) is 17.9 Å². The van der Waals surface area contributed by atoms with Crippen molar-refractivity contribution in [1.29, 1.82) is 0 Å². The fourth-order valence-electron chi connectivity index (χ4n) is 2.15. The van der Waals surface area contributed by atoms with Gasteiger partial charge >= 0.3 is 5.97 Å². The lowest BCUT2D eigenvalue weighted by atomic mass is 10.2. The standard InChI is InChI=1S/C18H19NO5S/c1-12(17(20)19-14-9-5-6-10-15(14)23-2)24-18(21)13-8-4-7-11-16(13)25(3)22/h4-12H,1-3H3,(H,19,20)/t12-,25-/m0/s1. The molecule has 1 amide bonds. The highest BCUT2D eigenvalue weighted by atomic mass is 32.2. The Morgan fingerprint density at radius 2 is 1.72 bits per heavy atom. The van der Waals surface area contributed by atoms with Crippen molar-refractivity contribution < 1.29 is 23.3 Å². The SMILES string of the molecule is COc1ccccc1NC(=O)[C@H](C)OC(=O)c1ccccc1[S@](C)=O. The first kappa shape index (κ1) is 18.7. The maximum Gasteiger partial charge on any atom is 0.340 e. The average Bonchev–Trinajstić information content (AvgIpc) is 2.61. The lowest BCUT2D eigenvalue weighted by Gasteiger charge is -2.15. The highest BCUT2D eigenvalue weighted by molar-refractivity contribution is 7.84. The van der Waals surface area contributed by atoms with Crippen LogP contribution in [0.5, 0.6) is 5.75 Å². The number of benzene rings is 2. The summed E-state index contributed by atoms with van der Waals surface area (Å²) >= 11 is 0. The molecule has 7 heteroatoms. The summed E-state index contributed by atoms with van der Waals surface area (Å²) in [7, 11) is 0.156. The van der Waals surface area contributed by atoms with Gasteiger partial charge < -0.3 is 14.8 Å². The second-order valence-corrected chi connectivity index (χ2v) is 6.54. The number of hydrogen-bond donors (Lipinski definition) is 1. The van der Waals surface area contributed by atoms with Crippen LogP contribution in [0.1, 0.15) is 17.3 Å². The van der Waals surface area contributed by atoms with Crippen LogP contribution in [-0.4, -0.2) is 35.6 Å². The van der Waals surface area contributed by atoms with Gasteiger partial charge in [-0.25, -0.2) is 4.79 Å². The van der Waals surface area contributed by atoms with Crippen LogP contribution >= 0.6 is 0 Å². The molecule has 0 saturated carbocycles. The van der Waals surface area contributed by atoms with Crippen molar-refractivity contribution in [3.05, 3.63) is 54.1 Å². The van der Waals surface area contributed by atoms with Crippen molar-refractivity contribution in [3.8, 4) is 5.75 Å². The molecule has 0 saturated heterocycles. The van der Waals surface area contributed by atoms with E-state index in [4.69, 9.17) is 9.47 Å². The third kappa shape index (κ3) is 4.67. The largest absolute Gasteiger partial charge is 0.495 e. The predicted molar refractivity (Wildman–Crippen MR) is 95.3 cm³/mol. The van der Waals surface area contributed by atoms with E-state index in [-0.39, 0.29) is 5.56 Å². The normalized spacial score (nSPS) is 12.8. The number of nitrogens with one attached hydrogen (secondary N) is 1. The fourth-order valence-corrected chi connectivity index (χ4v) is 2.88. The van der Waals surface area contributed by atoms with Crippen LogP contribution in [0.3, 0.4) is 0 Å². The number of rotatable bonds is 6. The number of carbonyl (C=O) groups excluding carboxylic acids is 2. The van der Waals surface area contributed by atoms with Crippen LogP contribution < -0.4 is 10.1 Å². The lowest BCUT2D eigenvalue weighted by Crippen LogP contribution is -2.30. The zero-order chi connectivity index (χ0) is 18.4. The van der Waals surface area contributed by atoms with Crippen LogP contribution in [0.4, 0.5) is 5.69 Å². The number of amides is 1. The summed E-state index contributed by atoms with van der Waals surface area (Å²) < 4.78 is 22.1. The number of ether oxygens (including phenoxy) is 2. The number of para-hydroxylation sites is 2. The van der Waals surface area contributed by atoms with Crippen LogP contribution in [0.25, 0.3) is 0 Å². The van der Waals surface area contributed by atoms with E-state index in [1.54, 1.807) is 42.5 Å². The summed E-state index contributed by atoms with van der Waals surface area (Å²) in [6, 6.07) is 13.4. The molecule has 0 unspecified atom stereocenters. The molecule has 0 bridgehead atoms. The Hall–Kier alpha value is -2.67. The Morgan fingerprint density at radius 3 is 2.40 bits per heavy atom. The molecule has 0 aliphatic carbocycles. The minimum atomic E-state index is -1.34. The van der Waals surface area contributed by atoms with Gasteiger partial charge in [0, 0.05) is 6.26 Å². The van der Waals surface area contributed by atoms with Crippen LogP contribution in [-0.2, 0) is 20.3 Å². The van der Waals surface area contributed by atoms with Crippen molar-refractivity contribution in [1.82, 2.24) is 0 Å². The summed E-state index contributed by atoms with van der Waals surface area (Å²) in [5, 5.41) is 2.65. The Kier molecular flexibility index (Phi) is 6.30. The van der Waals surface area contributed by atoms with Crippen molar-refractivity contribution in [3.63, 3.8) is 0 Å². The molecule has 0 aliphatic heterocycles. The maximum absolute atomic E-state index is 12.3. The minimum absolute atomic E-state index is 0.181. The van der Waals surface area contributed by atoms with Gasteiger partial charge in [-0.15, -0.1) is 0 Å². The molecule has 25 heavy (non-hydrogen) atoms. The third-order valence-corrected chi connectivity index (χ3v) is 4.41. The molecule has 1 N–H and O–H groups in total. The van der Waals surface area contributed by atoms with Gasteiger partial charge in [0.15, 0.2) is 6.10 Å². The van der Waals surface area contributed by atoms with Crippen molar-refractivity contribution in [2.24, 2.45) is 0 Å². The summed E-state index contributed by atoms with van der Waals surface area (Å²) in [6.07, 6.45) is 0.444. The number of carbonyl (C=O) groups is 2. The Morgan fingerprint density at radius 1 is 1.08 bits per heavy atom. The van der Waals surface area contributed by atoms with Gasteiger partial charge in [0.25, 0.3) is 5.91 Å². The first-order valence-corrected chi connectivity index (χ1v) is 9.07. The highest BCUT2D eigenvalue weighted by Gasteiger charge is 2.22. The van der Waals surface area contributed by atoms with Crippen LogP contribution in [0.2, 0.25) is 0 Å². The van der Waals surface area contributed by atoms with Crippen molar-refractivity contribution in [2.75, 3.05) is 18.7 Å². The average molecular weight is 361 g/mol. The van der Waals surface area contributed by atoms with Gasteiger partial charge in [0.2, 0.25) is 0 Å². The number of methoxy groups -OCH3 is 1. The van der Waals surface area contributed by atoms with Gasteiger partial charge in [0.1, 0.15) is 5.75 Å². The molecular weight excluding hydrogens is 342 g/mol. The molecule has 132 valence electrons. The summed E-state index contributed by atoms with van der Waals surface area (Å²) in [5.41, 5.74) is 0.660. The Labute approximate surface area is 148 Å². The quantitative estimate of drug-likeness (QED) is 0.800. The van der Waals surface area contributed by atoms with E-state index in [9.17, 15) is 13.8 Å². The first-order valence-electron chi connectivity index (χ1n) is 7.51. The van der Waals surface area contributed by atoms with Gasteiger partial charge in [-0.2, -0.15) is 0 Å². The predicted octanol–water partition coefficient (Wildman–Crippen LogP) is 2.62. The van der Waals surface area contributed by atoms with Crippen LogP contribution in [0.15, 0.2) is 53.4 Å². The molecule has 0 radical (unpaired) electrons. The van der Waals surface area contributed by atoms with Crippen molar-refractivity contribution >= 4 is 28.4 Å². The van der Waals surface area contributed by atoms with Crippen LogP contribution in [0, 0.1) is 0 Å². The lowest BCUT2D eigenvalue weighted by molar-refractivity contribution is -0.123. The number of esters is 1. The van der Waals surface area contributed by atoms with Gasteiger partial charge in [-0.05, 0) is 31.2 Å². The third-order valence-electron chi connectivity index (χ3n) is 3.43. The minimum Gasteiger partial charge on any atom is -0.495 e. The molecule has 0 fully saturated rings. The molecular formula is C18H19NO5S. The molecule has 6 nitrogen and oxygen atoms in total. The topological polar surface area (TPSA) is 81.7 Å². The Bertz CT molecular complexity index is 806. The molecule has 2 atom stereocenters. The summed E-state index contributed by atoms with van der Waals surface area (Å²) in [5.74, 6) is -0.692. The fraction of sp³-hybridized carbons (Fsp3) is 0.222. The second-order valence-electron chi connectivity index (χ2n) is 5.19. The van der Waals surface area contributed by atoms with E-state index in [1.807, 2.05) is 0 Å². The second kappa shape index (κ2) is 8.43. The maximum atomic E-state index is 12.3. The van der Waals surface area contributed by atoms with Gasteiger partial charge in [-0.3, -0.25) is 9.00 Å². The number of anilines is 1. The monoisotopic (exact) mass is 361 g/mol. The zero-order valence-electron chi connectivity index (χ0n) is 14.1. The molecule has 2 aromatic rings. The summed E-state index contributed by atoms with van der Waals surface area (Å²) in [4.78, 5) is 24.9. The van der Waals surface area contributed by atoms with E-state index in [1.165, 1.54) is 26.4 Å². The smallest absolute Gasteiger partial charge is 0.340 e. The van der Waals surface area contributed by atoms with E-state index in [0.717, 1.165) is 0 Å². The number of hydrogen-bond acceptors (Lipinski definition) is 5. The van der Waals surface area contributed by atoms with Gasteiger partial charge in [0.05, 0.1) is 34.1 Å². The summed E-state index contributed by atoms with van der Waals surface area (Å²) in [6.45, 7) is 1.47. The zero-order valence-corrected chi connectivity index (χ0v) is 15.0. The molecule has 0 spiro atoms. The molecule has 2 rings (SSSR count). The first-order chi connectivity index (χ1) is 11.9. The van der Waals surface area contributed by atoms with E-state index >= 15 is 0 Å². The Balaban J connectivity index is 2.09. The van der Waals surface area contributed by atoms with E-state index < -0.39 is 28.8 Å². The highest BCUT2D eigenvalue weighted by Crippen LogP contribution is 2.23. The molecule has 0 aliphatic rings.